The van der Waals surface area contributed by atoms with Crippen LogP contribution >= 0.6 is 0 Å². The zero-order valence-corrected chi connectivity index (χ0v) is 12.7. The molecule has 1 heterocycles. The third-order valence-corrected chi connectivity index (χ3v) is 4.32. The van der Waals surface area contributed by atoms with Gasteiger partial charge in [-0.25, -0.2) is 8.42 Å². The molecule has 0 atom stereocenters. The maximum absolute atomic E-state index is 11.4. The van der Waals surface area contributed by atoms with E-state index in [4.69, 9.17) is 0 Å². The van der Waals surface area contributed by atoms with Crippen LogP contribution in [0.1, 0.15) is 18.1 Å². The Hall–Kier alpha value is -1.59. The number of nitrogens with one attached hydrogen (secondary N) is 1. The van der Waals surface area contributed by atoms with Gasteiger partial charge in [-0.1, -0.05) is 12.1 Å². The molecule has 0 aliphatic rings. The highest BCUT2D eigenvalue weighted by Gasteiger charge is 2.05. The fraction of sp³-hybridized carbons (Fsp3) is 0.333. The van der Waals surface area contributed by atoms with E-state index in [1.807, 2.05) is 12.1 Å². The lowest BCUT2D eigenvalue weighted by Gasteiger charge is -2.05. The first-order valence-electron chi connectivity index (χ1n) is 6.63. The molecule has 0 aliphatic carbocycles. The Labute approximate surface area is 120 Å². The SMILES string of the molecule is CCn1ccc(CNCc2ccc(S(C)(=O)=O)cc2)c1. The van der Waals surface area contributed by atoms with Crippen LogP contribution in [0.25, 0.3) is 0 Å². The van der Waals surface area contributed by atoms with Crippen LogP contribution in [-0.2, 0) is 29.5 Å². The normalized spacial score (nSPS) is 11.7. The first kappa shape index (κ1) is 14.8. The van der Waals surface area contributed by atoms with Crippen molar-refractivity contribution in [2.24, 2.45) is 0 Å². The average Bonchev–Trinajstić information content (AvgIpc) is 2.86. The van der Waals surface area contributed by atoms with Gasteiger partial charge in [0.2, 0.25) is 0 Å². The van der Waals surface area contributed by atoms with Crippen LogP contribution in [0.3, 0.4) is 0 Å². The zero-order valence-electron chi connectivity index (χ0n) is 11.8. The highest BCUT2D eigenvalue weighted by atomic mass is 32.2. The molecule has 0 radical (unpaired) electrons. The van der Waals surface area contributed by atoms with E-state index in [0.717, 1.165) is 25.2 Å². The number of sulfone groups is 1. The molecule has 20 heavy (non-hydrogen) atoms. The summed E-state index contributed by atoms with van der Waals surface area (Å²) in [5.74, 6) is 0. The molecule has 5 heteroatoms. The monoisotopic (exact) mass is 292 g/mol. The second-order valence-corrected chi connectivity index (χ2v) is 6.89. The van der Waals surface area contributed by atoms with Gasteiger partial charge in [-0.15, -0.1) is 0 Å². The third kappa shape index (κ3) is 3.95. The Morgan fingerprint density at radius 3 is 2.25 bits per heavy atom. The lowest BCUT2D eigenvalue weighted by atomic mass is 10.2. The molecule has 1 N–H and O–H groups in total. The van der Waals surface area contributed by atoms with Crippen LogP contribution in [0.15, 0.2) is 47.6 Å². The number of nitrogens with zero attached hydrogens (tertiary/aromatic N) is 1. The molecular formula is C15H20N2O2S. The standard InChI is InChI=1S/C15H20N2O2S/c1-3-17-9-8-14(12-17)11-16-10-13-4-6-15(7-5-13)20(2,18)19/h4-9,12,16H,3,10-11H2,1-2H3. The number of hydrogen-bond donors (Lipinski definition) is 1. The van der Waals surface area contributed by atoms with Gasteiger partial charge >= 0.3 is 0 Å². The van der Waals surface area contributed by atoms with Gasteiger partial charge in [0.1, 0.15) is 0 Å². The Morgan fingerprint density at radius 1 is 1.05 bits per heavy atom. The average molecular weight is 292 g/mol. The molecule has 2 rings (SSSR count). The van der Waals surface area contributed by atoms with E-state index in [2.05, 4.69) is 35.3 Å². The van der Waals surface area contributed by atoms with E-state index in [0.29, 0.717) is 4.90 Å². The molecule has 0 saturated heterocycles. The molecule has 0 fully saturated rings. The highest BCUT2D eigenvalue weighted by molar-refractivity contribution is 7.90. The Morgan fingerprint density at radius 2 is 1.70 bits per heavy atom. The van der Waals surface area contributed by atoms with Crippen molar-refractivity contribution in [2.75, 3.05) is 6.26 Å². The summed E-state index contributed by atoms with van der Waals surface area (Å²) in [6.07, 6.45) is 5.41. The van der Waals surface area contributed by atoms with Crippen LogP contribution in [0, 0.1) is 0 Å². The quantitative estimate of drug-likeness (QED) is 0.888. The molecule has 0 unspecified atom stereocenters. The lowest BCUT2D eigenvalue weighted by molar-refractivity contribution is 0.602. The van der Waals surface area contributed by atoms with E-state index < -0.39 is 9.84 Å². The molecule has 4 nitrogen and oxygen atoms in total. The van der Waals surface area contributed by atoms with E-state index in [1.54, 1.807) is 12.1 Å². The first-order valence-corrected chi connectivity index (χ1v) is 8.52. The molecule has 1 aromatic carbocycles. The zero-order chi connectivity index (χ0) is 14.6. The molecule has 0 bridgehead atoms. The smallest absolute Gasteiger partial charge is 0.175 e. The third-order valence-electron chi connectivity index (χ3n) is 3.19. The largest absolute Gasteiger partial charge is 0.354 e. The van der Waals surface area contributed by atoms with Crippen LogP contribution in [-0.4, -0.2) is 19.2 Å². The van der Waals surface area contributed by atoms with E-state index >= 15 is 0 Å². The minimum Gasteiger partial charge on any atom is -0.354 e. The van der Waals surface area contributed by atoms with Crippen LogP contribution in [0.4, 0.5) is 0 Å². The minimum atomic E-state index is -3.11. The Balaban J connectivity index is 1.88. The molecule has 0 aliphatic heterocycles. The predicted octanol–water partition coefficient (Wildman–Crippen LogP) is 2.20. The molecular weight excluding hydrogens is 272 g/mol. The van der Waals surface area contributed by atoms with Crippen molar-refractivity contribution >= 4 is 9.84 Å². The molecule has 0 amide bonds. The maximum atomic E-state index is 11.4. The van der Waals surface area contributed by atoms with Gasteiger partial charge in [-0.3, -0.25) is 0 Å². The van der Waals surface area contributed by atoms with Gasteiger partial charge in [0.05, 0.1) is 4.90 Å². The summed E-state index contributed by atoms with van der Waals surface area (Å²) < 4.78 is 24.8. The Kier molecular flexibility index (Phi) is 4.62. The van der Waals surface area contributed by atoms with E-state index in [9.17, 15) is 8.42 Å². The van der Waals surface area contributed by atoms with Crippen molar-refractivity contribution < 1.29 is 8.42 Å². The van der Waals surface area contributed by atoms with Gasteiger partial charge in [0.15, 0.2) is 9.84 Å². The molecule has 1 aromatic heterocycles. The molecule has 108 valence electrons. The number of aryl methyl sites for hydroxylation is 1. The van der Waals surface area contributed by atoms with E-state index in [-0.39, 0.29) is 0 Å². The van der Waals surface area contributed by atoms with Crippen molar-refractivity contribution in [3.8, 4) is 0 Å². The molecule has 0 spiro atoms. The maximum Gasteiger partial charge on any atom is 0.175 e. The van der Waals surface area contributed by atoms with Crippen LogP contribution in [0.2, 0.25) is 0 Å². The fourth-order valence-electron chi connectivity index (χ4n) is 2.00. The second kappa shape index (κ2) is 6.24. The van der Waals surface area contributed by atoms with Crippen molar-refractivity contribution in [3.05, 3.63) is 53.9 Å². The van der Waals surface area contributed by atoms with Gasteiger partial charge in [-0.2, -0.15) is 0 Å². The number of rotatable bonds is 6. The summed E-state index contributed by atoms with van der Waals surface area (Å²) in [7, 11) is -3.11. The van der Waals surface area contributed by atoms with Crippen molar-refractivity contribution in [2.45, 2.75) is 31.5 Å². The van der Waals surface area contributed by atoms with Crippen molar-refractivity contribution in [3.63, 3.8) is 0 Å². The summed E-state index contributed by atoms with van der Waals surface area (Å²) in [4.78, 5) is 0.362. The van der Waals surface area contributed by atoms with Crippen LogP contribution in [0.5, 0.6) is 0 Å². The van der Waals surface area contributed by atoms with Crippen molar-refractivity contribution in [1.29, 1.82) is 0 Å². The van der Waals surface area contributed by atoms with Gasteiger partial charge in [-0.05, 0) is 36.2 Å². The molecule has 2 aromatic rings. The summed E-state index contributed by atoms with van der Waals surface area (Å²) in [5, 5.41) is 3.35. The van der Waals surface area contributed by atoms with Crippen LogP contribution < -0.4 is 5.32 Å². The number of benzene rings is 1. The van der Waals surface area contributed by atoms with E-state index in [1.165, 1.54) is 11.8 Å². The topological polar surface area (TPSA) is 51.1 Å². The first-order chi connectivity index (χ1) is 9.49. The summed E-state index contributed by atoms with van der Waals surface area (Å²) in [6, 6.07) is 9.10. The summed E-state index contributed by atoms with van der Waals surface area (Å²) in [5.41, 5.74) is 2.33. The van der Waals surface area contributed by atoms with Gasteiger partial charge in [0, 0.05) is 38.3 Å². The lowest BCUT2D eigenvalue weighted by Crippen LogP contribution is -2.12. The van der Waals surface area contributed by atoms with Crippen molar-refractivity contribution in [1.82, 2.24) is 9.88 Å². The predicted molar refractivity (Wildman–Crippen MR) is 80.2 cm³/mol. The van der Waals surface area contributed by atoms with Gasteiger partial charge in [0.25, 0.3) is 0 Å². The summed E-state index contributed by atoms with van der Waals surface area (Å²) in [6.45, 7) is 4.62. The van der Waals surface area contributed by atoms with Gasteiger partial charge < -0.3 is 9.88 Å². The Bertz CT molecular complexity index is 657. The summed E-state index contributed by atoms with van der Waals surface area (Å²) >= 11 is 0. The minimum absolute atomic E-state index is 0.362. The number of aromatic nitrogens is 1. The molecule has 0 saturated carbocycles. The second-order valence-electron chi connectivity index (χ2n) is 4.87. The fourth-order valence-corrected chi connectivity index (χ4v) is 2.63. The number of hydrogen-bond acceptors (Lipinski definition) is 3. The highest BCUT2D eigenvalue weighted by Crippen LogP contribution is 2.10.